The third-order valence-electron chi connectivity index (χ3n) is 3.24. The maximum atomic E-state index is 5.84. The van der Waals surface area contributed by atoms with Gasteiger partial charge in [0.1, 0.15) is 24.4 Å². The molecule has 0 aromatic carbocycles. The van der Waals surface area contributed by atoms with Crippen LogP contribution in [-0.2, 0) is 23.7 Å². The standard InChI is InChI=1S/C15H22O5/c1-4-7-16-12-11-10-19-15(20-11)14(18-9-6-3)13(12)17-8-5-2/h4-6,11-15H,1-3,7-10H2. The van der Waals surface area contributed by atoms with Gasteiger partial charge in [0.05, 0.1) is 26.4 Å². The van der Waals surface area contributed by atoms with Gasteiger partial charge in [-0.1, -0.05) is 18.2 Å². The molecule has 0 spiro atoms. The molecular formula is C15H22O5. The Balaban J connectivity index is 2.10. The Morgan fingerprint density at radius 1 is 0.850 bits per heavy atom. The van der Waals surface area contributed by atoms with E-state index >= 15 is 0 Å². The summed E-state index contributed by atoms with van der Waals surface area (Å²) in [5.74, 6) is 0. The van der Waals surface area contributed by atoms with E-state index in [9.17, 15) is 0 Å². The maximum Gasteiger partial charge on any atom is 0.187 e. The molecule has 5 nitrogen and oxygen atoms in total. The molecule has 2 aliphatic heterocycles. The van der Waals surface area contributed by atoms with Crippen molar-refractivity contribution in [2.24, 2.45) is 0 Å². The SMILES string of the molecule is C=CCOC1C2COC(O2)C(OCC=C)C1OCC=C. The van der Waals surface area contributed by atoms with Crippen LogP contribution in [0.3, 0.4) is 0 Å². The first kappa shape index (κ1) is 15.4. The number of fused-ring (bicyclic) bond motifs is 2. The smallest absolute Gasteiger partial charge is 0.187 e. The summed E-state index contributed by atoms with van der Waals surface area (Å²) < 4.78 is 28.8. The minimum atomic E-state index is -0.418. The van der Waals surface area contributed by atoms with E-state index in [1.807, 2.05) is 0 Å². The van der Waals surface area contributed by atoms with Crippen LogP contribution in [0.15, 0.2) is 38.0 Å². The average molecular weight is 282 g/mol. The van der Waals surface area contributed by atoms with Crippen molar-refractivity contribution in [3.63, 3.8) is 0 Å². The quantitative estimate of drug-likeness (QED) is 0.599. The third-order valence-corrected chi connectivity index (χ3v) is 3.24. The molecule has 5 unspecified atom stereocenters. The molecule has 0 aromatic rings. The Bertz CT molecular complexity index is 317. The molecule has 112 valence electrons. The van der Waals surface area contributed by atoms with Gasteiger partial charge in [-0.3, -0.25) is 0 Å². The second-order valence-corrected chi connectivity index (χ2v) is 4.64. The summed E-state index contributed by atoms with van der Waals surface area (Å²) in [6.45, 7) is 12.7. The number of rotatable bonds is 9. The number of ether oxygens (including phenoxy) is 5. The molecule has 0 radical (unpaired) electrons. The molecule has 5 atom stereocenters. The molecular weight excluding hydrogens is 260 g/mol. The van der Waals surface area contributed by atoms with Gasteiger partial charge in [0, 0.05) is 0 Å². The van der Waals surface area contributed by atoms with Gasteiger partial charge in [-0.15, -0.1) is 19.7 Å². The Labute approximate surface area is 119 Å². The highest BCUT2D eigenvalue weighted by atomic mass is 16.8. The molecule has 0 aromatic heterocycles. The first-order valence-electron chi connectivity index (χ1n) is 6.76. The lowest BCUT2D eigenvalue weighted by Crippen LogP contribution is -2.57. The summed E-state index contributed by atoms with van der Waals surface area (Å²) in [6, 6.07) is 0. The normalized spacial score (nSPS) is 35.7. The van der Waals surface area contributed by atoms with E-state index in [0.717, 1.165) is 0 Å². The van der Waals surface area contributed by atoms with Crippen LogP contribution in [0.1, 0.15) is 0 Å². The highest BCUT2D eigenvalue weighted by molar-refractivity contribution is 4.97. The molecule has 0 saturated carbocycles. The van der Waals surface area contributed by atoms with Gasteiger partial charge in [0.15, 0.2) is 6.29 Å². The molecule has 0 aliphatic carbocycles. The molecule has 5 heteroatoms. The fourth-order valence-electron chi connectivity index (χ4n) is 2.44. The average Bonchev–Trinajstić information content (AvgIpc) is 2.89. The summed E-state index contributed by atoms with van der Waals surface area (Å²) in [4.78, 5) is 0. The van der Waals surface area contributed by atoms with Crippen molar-refractivity contribution in [1.29, 1.82) is 0 Å². The van der Waals surface area contributed by atoms with Gasteiger partial charge in [-0.05, 0) is 0 Å². The van der Waals surface area contributed by atoms with Crippen LogP contribution in [0.2, 0.25) is 0 Å². The summed E-state index contributed by atoms with van der Waals surface area (Å²) in [6.07, 6.45) is 3.67. The van der Waals surface area contributed by atoms with E-state index in [2.05, 4.69) is 19.7 Å². The summed E-state index contributed by atoms with van der Waals surface area (Å²) >= 11 is 0. The van der Waals surface area contributed by atoms with Crippen LogP contribution in [0.25, 0.3) is 0 Å². The first-order chi connectivity index (χ1) is 9.81. The maximum absolute atomic E-state index is 5.84. The molecule has 0 amide bonds. The molecule has 2 bridgehead atoms. The van der Waals surface area contributed by atoms with Crippen LogP contribution in [0, 0.1) is 0 Å². The fraction of sp³-hybridized carbons (Fsp3) is 0.600. The van der Waals surface area contributed by atoms with Crippen molar-refractivity contribution >= 4 is 0 Å². The topological polar surface area (TPSA) is 46.2 Å². The van der Waals surface area contributed by atoms with E-state index in [0.29, 0.717) is 26.4 Å². The van der Waals surface area contributed by atoms with E-state index in [4.69, 9.17) is 23.7 Å². The van der Waals surface area contributed by atoms with Crippen LogP contribution in [0.4, 0.5) is 0 Å². The third kappa shape index (κ3) is 3.37. The van der Waals surface area contributed by atoms with Gasteiger partial charge in [-0.2, -0.15) is 0 Å². The molecule has 2 heterocycles. The van der Waals surface area contributed by atoms with E-state index < -0.39 is 6.29 Å². The highest BCUT2D eigenvalue weighted by Gasteiger charge is 2.52. The van der Waals surface area contributed by atoms with Crippen molar-refractivity contribution in [2.45, 2.75) is 30.7 Å². The first-order valence-corrected chi connectivity index (χ1v) is 6.76. The minimum Gasteiger partial charge on any atom is -0.369 e. The molecule has 2 saturated heterocycles. The molecule has 2 aliphatic rings. The largest absolute Gasteiger partial charge is 0.369 e. The molecule has 20 heavy (non-hydrogen) atoms. The second kappa shape index (κ2) is 7.71. The van der Waals surface area contributed by atoms with Gasteiger partial charge in [0.25, 0.3) is 0 Å². The molecule has 0 N–H and O–H groups in total. The Hall–Kier alpha value is -0.980. The second-order valence-electron chi connectivity index (χ2n) is 4.64. The lowest BCUT2D eigenvalue weighted by atomic mass is 10.0. The zero-order chi connectivity index (χ0) is 14.4. The lowest BCUT2D eigenvalue weighted by Gasteiger charge is -2.40. The van der Waals surface area contributed by atoms with Crippen molar-refractivity contribution < 1.29 is 23.7 Å². The van der Waals surface area contributed by atoms with Crippen LogP contribution >= 0.6 is 0 Å². The van der Waals surface area contributed by atoms with Crippen LogP contribution in [-0.4, -0.2) is 57.1 Å². The van der Waals surface area contributed by atoms with Crippen LogP contribution in [0.5, 0.6) is 0 Å². The number of hydrogen-bond donors (Lipinski definition) is 0. The van der Waals surface area contributed by atoms with E-state index in [1.54, 1.807) is 18.2 Å². The fourth-order valence-corrected chi connectivity index (χ4v) is 2.44. The molecule has 2 fully saturated rings. The van der Waals surface area contributed by atoms with Gasteiger partial charge < -0.3 is 23.7 Å². The highest BCUT2D eigenvalue weighted by Crippen LogP contribution is 2.33. The Morgan fingerprint density at radius 3 is 2.00 bits per heavy atom. The van der Waals surface area contributed by atoms with E-state index in [-0.39, 0.29) is 24.4 Å². The van der Waals surface area contributed by atoms with Crippen molar-refractivity contribution in [1.82, 2.24) is 0 Å². The summed E-state index contributed by atoms with van der Waals surface area (Å²) in [5, 5.41) is 0. The van der Waals surface area contributed by atoms with Gasteiger partial charge in [-0.25, -0.2) is 0 Å². The molecule has 2 rings (SSSR count). The Kier molecular flexibility index (Phi) is 5.94. The van der Waals surface area contributed by atoms with Gasteiger partial charge >= 0.3 is 0 Å². The summed E-state index contributed by atoms with van der Waals surface area (Å²) in [5.41, 5.74) is 0. The monoisotopic (exact) mass is 282 g/mol. The lowest BCUT2D eigenvalue weighted by molar-refractivity contribution is -0.256. The predicted molar refractivity (Wildman–Crippen MR) is 74.4 cm³/mol. The summed E-state index contributed by atoms with van der Waals surface area (Å²) in [7, 11) is 0. The Morgan fingerprint density at radius 2 is 1.40 bits per heavy atom. The number of hydrogen-bond acceptors (Lipinski definition) is 5. The predicted octanol–water partition coefficient (Wildman–Crippen LogP) is 1.46. The van der Waals surface area contributed by atoms with Crippen molar-refractivity contribution in [2.75, 3.05) is 26.4 Å². The van der Waals surface area contributed by atoms with E-state index in [1.165, 1.54) is 0 Å². The zero-order valence-corrected chi connectivity index (χ0v) is 11.6. The minimum absolute atomic E-state index is 0.140. The van der Waals surface area contributed by atoms with Crippen LogP contribution < -0.4 is 0 Å². The zero-order valence-electron chi connectivity index (χ0n) is 11.6. The van der Waals surface area contributed by atoms with Gasteiger partial charge in [0.2, 0.25) is 0 Å². The van der Waals surface area contributed by atoms with Crippen molar-refractivity contribution in [3.05, 3.63) is 38.0 Å². The van der Waals surface area contributed by atoms with Crippen molar-refractivity contribution in [3.8, 4) is 0 Å².